The Labute approximate surface area is 125 Å². The standard InChI is InChI=1S/C15H14BrNOS/c1-11(12-4-2-5-13(16)10-12)17-15(18)8-7-14-6-3-9-19-14/h2-11H,1H3,(H,17,18)/b8-7+/t11-/m1/s1. The summed E-state index contributed by atoms with van der Waals surface area (Å²) >= 11 is 5.04. The Morgan fingerprint density at radius 1 is 1.37 bits per heavy atom. The second kappa shape index (κ2) is 6.68. The van der Waals surface area contributed by atoms with Crippen LogP contribution >= 0.6 is 27.3 Å². The number of halogens is 1. The van der Waals surface area contributed by atoms with E-state index in [0.29, 0.717) is 0 Å². The topological polar surface area (TPSA) is 29.1 Å². The van der Waals surface area contributed by atoms with Crippen LogP contribution in [0.1, 0.15) is 23.4 Å². The van der Waals surface area contributed by atoms with Crippen molar-refractivity contribution in [2.45, 2.75) is 13.0 Å². The van der Waals surface area contributed by atoms with Crippen LogP contribution in [0.4, 0.5) is 0 Å². The molecule has 0 aliphatic rings. The number of benzene rings is 1. The van der Waals surface area contributed by atoms with E-state index in [1.807, 2.05) is 54.8 Å². The first kappa shape index (κ1) is 14.0. The molecule has 1 aromatic heterocycles. The minimum Gasteiger partial charge on any atom is -0.346 e. The summed E-state index contributed by atoms with van der Waals surface area (Å²) in [6, 6.07) is 11.9. The molecule has 0 bridgehead atoms. The minimum absolute atomic E-state index is 0.0158. The van der Waals surface area contributed by atoms with Crippen LogP contribution in [-0.4, -0.2) is 5.91 Å². The van der Waals surface area contributed by atoms with Crippen LogP contribution in [0.25, 0.3) is 6.08 Å². The van der Waals surface area contributed by atoms with E-state index in [1.165, 1.54) is 0 Å². The maximum absolute atomic E-state index is 11.8. The quantitative estimate of drug-likeness (QED) is 0.824. The molecule has 1 N–H and O–H groups in total. The monoisotopic (exact) mass is 335 g/mol. The van der Waals surface area contributed by atoms with Crippen LogP contribution in [0.3, 0.4) is 0 Å². The lowest BCUT2D eigenvalue weighted by molar-refractivity contribution is -0.117. The highest BCUT2D eigenvalue weighted by molar-refractivity contribution is 9.10. The largest absolute Gasteiger partial charge is 0.346 e. The van der Waals surface area contributed by atoms with Gasteiger partial charge in [-0.15, -0.1) is 11.3 Å². The lowest BCUT2D eigenvalue weighted by Crippen LogP contribution is -2.24. The predicted molar refractivity (Wildman–Crippen MR) is 84.1 cm³/mol. The average molecular weight is 336 g/mol. The van der Waals surface area contributed by atoms with Crippen molar-refractivity contribution in [3.05, 3.63) is 62.8 Å². The van der Waals surface area contributed by atoms with Gasteiger partial charge in [-0.2, -0.15) is 0 Å². The Bertz CT molecular complexity index is 578. The molecule has 0 aliphatic carbocycles. The fraction of sp³-hybridized carbons (Fsp3) is 0.133. The SMILES string of the molecule is C[C@@H](NC(=O)/C=C/c1cccs1)c1cccc(Br)c1. The van der Waals surface area contributed by atoms with Crippen LogP contribution in [0.15, 0.2) is 52.3 Å². The normalized spacial score (nSPS) is 12.5. The van der Waals surface area contributed by atoms with Crippen molar-refractivity contribution in [2.24, 2.45) is 0 Å². The van der Waals surface area contributed by atoms with Gasteiger partial charge in [0.15, 0.2) is 0 Å². The zero-order valence-corrected chi connectivity index (χ0v) is 12.9. The summed E-state index contributed by atoms with van der Waals surface area (Å²) in [5, 5.41) is 4.93. The number of thiophene rings is 1. The molecule has 1 amide bonds. The van der Waals surface area contributed by atoms with Crippen molar-refractivity contribution < 1.29 is 4.79 Å². The molecule has 4 heteroatoms. The first-order chi connectivity index (χ1) is 9.15. The molecule has 0 aliphatic heterocycles. The molecule has 1 heterocycles. The number of rotatable bonds is 4. The Hall–Kier alpha value is -1.39. The van der Waals surface area contributed by atoms with Gasteiger partial charge in [-0.3, -0.25) is 4.79 Å². The summed E-state index contributed by atoms with van der Waals surface area (Å²) in [7, 11) is 0. The van der Waals surface area contributed by atoms with Gasteiger partial charge in [0.05, 0.1) is 6.04 Å². The van der Waals surface area contributed by atoms with Crippen LogP contribution in [0.2, 0.25) is 0 Å². The van der Waals surface area contributed by atoms with Gasteiger partial charge in [-0.05, 0) is 42.1 Å². The summed E-state index contributed by atoms with van der Waals surface area (Å²) in [6.45, 7) is 1.97. The molecule has 0 radical (unpaired) electrons. The molecule has 0 spiro atoms. The van der Waals surface area contributed by atoms with Gasteiger partial charge in [0.25, 0.3) is 0 Å². The molecule has 0 fully saturated rings. The number of hydrogen-bond donors (Lipinski definition) is 1. The summed E-state index contributed by atoms with van der Waals surface area (Å²) in [5.41, 5.74) is 1.08. The second-order valence-electron chi connectivity index (χ2n) is 4.13. The molecule has 0 saturated heterocycles. The van der Waals surface area contributed by atoms with Gasteiger partial charge in [0.2, 0.25) is 5.91 Å². The maximum atomic E-state index is 11.8. The number of amides is 1. The maximum Gasteiger partial charge on any atom is 0.244 e. The van der Waals surface area contributed by atoms with Crippen LogP contribution in [-0.2, 0) is 4.79 Å². The van der Waals surface area contributed by atoms with E-state index in [4.69, 9.17) is 0 Å². The summed E-state index contributed by atoms with van der Waals surface area (Å²) in [6.07, 6.45) is 3.40. The third-order valence-electron chi connectivity index (χ3n) is 2.65. The Morgan fingerprint density at radius 3 is 2.89 bits per heavy atom. The van der Waals surface area contributed by atoms with Gasteiger partial charge in [-0.25, -0.2) is 0 Å². The van der Waals surface area contributed by atoms with Gasteiger partial charge >= 0.3 is 0 Å². The third kappa shape index (κ3) is 4.33. The Kier molecular flexibility index (Phi) is 4.93. The zero-order chi connectivity index (χ0) is 13.7. The molecule has 2 aromatic rings. The van der Waals surface area contributed by atoms with E-state index in [1.54, 1.807) is 17.4 Å². The number of carbonyl (C=O) groups is 1. The first-order valence-corrected chi connectivity index (χ1v) is 7.60. The van der Waals surface area contributed by atoms with Crippen molar-refractivity contribution in [1.29, 1.82) is 0 Å². The molecule has 2 rings (SSSR count). The first-order valence-electron chi connectivity index (χ1n) is 5.93. The molecule has 19 heavy (non-hydrogen) atoms. The molecule has 0 saturated carbocycles. The molecule has 0 unspecified atom stereocenters. The van der Waals surface area contributed by atoms with Crippen LogP contribution < -0.4 is 5.32 Å². The molecular weight excluding hydrogens is 322 g/mol. The minimum atomic E-state index is -0.0825. The lowest BCUT2D eigenvalue weighted by atomic mass is 10.1. The number of hydrogen-bond acceptors (Lipinski definition) is 2. The lowest BCUT2D eigenvalue weighted by Gasteiger charge is -2.13. The predicted octanol–water partition coefficient (Wildman–Crippen LogP) is 4.40. The van der Waals surface area contributed by atoms with Crippen LogP contribution in [0, 0.1) is 0 Å². The van der Waals surface area contributed by atoms with Crippen LogP contribution in [0.5, 0.6) is 0 Å². The summed E-state index contributed by atoms with van der Waals surface area (Å²) in [5.74, 6) is -0.0825. The number of nitrogens with one attached hydrogen (secondary N) is 1. The molecule has 2 nitrogen and oxygen atoms in total. The van der Waals surface area contributed by atoms with Gasteiger partial charge in [0, 0.05) is 15.4 Å². The van der Waals surface area contributed by atoms with Crippen molar-refractivity contribution >= 4 is 39.2 Å². The van der Waals surface area contributed by atoms with E-state index < -0.39 is 0 Å². The highest BCUT2D eigenvalue weighted by atomic mass is 79.9. The average Bonchev–Trinajstić information content (AvgIpc) is 2.89. The van der Waals surface area contributed by atoms with E-state index >= 15 is 0 Å². The summed E-state index contributed by atoms with van der Waals surface area (Å²) < 4.78 is 1.01. The van der Waals surface area contributed by atoms with E-state index in [-0.39, 0.29) is 11.9 Å². The zero-order valence-electron chi connectivity index (χ0n) is 10.5. The second-order valence-corrected chi connectivity index (χ2v) is 6.03. The molecule has 1 atom stereocenters. The van der Waals surface area contributed by atoms with Crippen molar-refractivity contribution in [2.75, 3.05) is 0 Å². The van der Waals surface area contributed by atoms with Crippen molar-refractivity contribution in [1.82, 2.24) is 5.32 Å². The molecular formula is C15H14BrNOS. The van der Waals surface area contributed by atoms with E-state index in [0.717, 1.165) is 14.9 Å². The van der Waals surface area contributed by atoms with Crippen molar-refractivity contribution in [3.63, 3.8) is 0 Å². The van der Waals surface area contributed by atoms with Gasteiger partial charge < -0.3 is 5.32 Å². The smallest absolute Gasteiger partial charge is 0.244 e. The van der Waals surface area contributed by atoms with E-state index in [2.05, 4.69) is 21.2 Å². The van der Waals surface area contributed by atoms with Gasteiger partial charge in [-0.1, -0.05) is 34.1 Å². The summed E-state index contributed by atoms with van der Waals surface area (Å²) in [4.78, 5) is 12.9. The Morgan fingerprint density at radius 2 is 2.21 bits per heavy atom. The fourth-order valence-electron chi connectivity index (χ4n) is 1.66. The third-order valence-corrected chi connectivity index (χ3v) is 3.98. The number of carbonyl (C=O) groups excluding carboxylic acids is 1. The van der Waals surface area contributed by atoms with Crippen molar-refractivity contribution in [3.8, 4) is 0 Å². The molecule has 1 aromatic carbocycles. The molecule has 98 valence electrons. The Balaban J connectivity index is 1.95. The fourth-order valence-corrected chi connectivity index (χ4v) is 2.70. The highest BCUT2D eigenvalue weighted by Gasteiger charge is 2.07. The highest BCUT2D eigenvalue weighted by Crippen LogP contribution is 2.18. The van der Waals surface area contributed by atoms with Gasteiger partial charge in [0.1, 0.15) is 0 Å². The van der Waals surface area contributed by atoms with E-state index in [9.17, 15) is 4.79 Å².